The molecule has 2 atom stereocenters. The van der Waals surface area contributed by atoms with Gasteiger partial charge in [0.25, 0.3) is 5.91 Å². The van der Waals surface area contributed by atoms with Crippen LogP contribution in [0, 0.1) is 0 Å². The molecule has 3 rings (SSSR count). The van der Waals surface area contributed by atoms with Crippen LogP contribution in [0.15, 0.2) is 48.7 Å². The van der Waals surface area contributed by atoms with Crippen molar-refractivity contribution in [1.82, 2.24) is 9.88 Å². The normalized spacial score (nSPS) is 17.5. The lowest BCUT2D eigenvalue weighted by atomic mass is 10.0. The second-order valence-electron chi connectivity index (χ2n) is 5.83. The predicted octanol–water partition coefficient (Wildman–Crippen LogP) is 2.77. The summed E-state index contributed by atoms with van der Waals surface area (Å²) in [4.78, 5) is 31.3. The first-order valence-electron chi connectivity index (χ1n) is 8.11. The number of pyridine rings is 1. The standard InChI is InChI=1S/C19H20N2O3/c1-3-24-19(23)17-15-9-4-5-10-16(15)18(22)21(17)13(2)12-14-8-6-7-11-20-14/h4-11,13,17H,3,12H2,1-2H3/t13-,17-/m1/s1. The van der Waals surface area contributed by atoms with Crippen LogP contribution in [0.4, 0.5) is 0 Å². The van der Waals surface area contributed by atoms with Crippen LogP contribution in [0.5, 0.6) is 0 Å². The first-order chi connectivity index (χ1) is 11.6. The Bertz CT molecular complexity index is 745. The van der Waals surface area contributed by atoms with Gasteiger partial charge in [0.2, 0.25) is 0 Å². The third kappa shape index (κ3) is 2.89. The van der Waals surface area contributed by atoms with E-state index in [4.69, 9.17) is 4.74 Å². The largest absolute Gasteiger partial charge is 0.464 e. The highest BCUT2D eigenvalue weighted by Gasteiger charge is 2.44. The highest BCUT2D eigenvalue weighted by atomic mass is 16.5. The van der Waals surface area contributed by atoms with Crippen molar-refractivity contribution in [3.05, 3.63) is 65.5 Å². The van der Waals surface area contributed by atoms with E-state index in [1.807, 2.05) is 43.3 Å². The quantitative estimate of drug-likeness (QED) is 0.794. The summed E-state index contributed by atoms with van der Waals surface area (Å²) in [6.45, 7) is 3.99. The molecule has 2 aromatic rings. The number of hydrogen-bond acceptors (Lipinski definition) is 4. The highest BCUT2D eigenvalue weighted by molar-refractivity contribution is 6.04. The Morgan fingerprint density at radius 1 is 1.25 bits per heavy atom. The average Bonchev–Trinajstić information content (AvgIpc) is 2.89. The maximum Gasteiger partial charge on any atom is 0.333 e. The second-order valence-corrected chi connectivity index (χ2v) is 5.83. The maximum absolute atomic E-state index is 12.8. The Morgan fingerprint density at radius 3 is 2.71 bits per heavy atom. The lowest BCUT2D eigenvalue weighted by Gasteiger charge is -2.29. The van der Waals surface area contributed by atoms with Gasteiger partial charge in [-0.05, 0) is 37.6 Å². The Kier molecular flexibility index (Phi) is 4.60. The first kappa shape index (κ1) is 16.2. The number of aromatic nitrogens is 1. The molecule has 5 nitrogen and oxygen atoms in total. The summed E-state index contributed by atoms with van der Waals surface area (Å²) < 4.78 is 5.21. The Hall–Kier alpha value is -2.69. The smallest absolute Gasteiger partial charge is 0.333 e. The van der Waals surface area contributed by atoms with E-state index in [1.54, 1.807) is 24.1 Å². The van der Waals surface area contributed by atoms with Crippen molar-refractivity contribution in [2.45, 2.75) is 32.4 Å². The molecule has 1 aliphatic heterocycles. The van der Waals surface area contributed by atoms with Gasteiger partial charge in [-0.25, -0.2) is 4.79 Å². The molecule has 1 aliphatic rings. The van der Waals surface area contributed by atoms with Gasteiger partial charge in [-0.1, -0.05) is 24.3 Å². The Balaban J connectivity index is 1.92. The van der Waals surface area contributed by atoms with E-state index in [-0.39, 0.29) is 24.5 Å². The number of rotatable bonds is 5. The number of esters is 1. The number of benzene rings is 1. The number of nitrogens with zero attached hydrogens (tertiary/aromatic N) is 2. The van der Waals surface area contributed by atoms with Crippen LogP contribution in [-0.2, 0) is 16.0 Å². The predicted molar refractivity (Wildman–Crippen MR) is 89.4 cm³/mol. The fourth-order valence-corrected chi connectivity index (χ4v) is 3.17. The third-order valence-electron chi connectivity index (χ3n) is 4.21. The van der Waals surface area contributed by atoms with Gasteiger partial charge in [0.15, 0.2) is 6.04 Å². The molecule has 1 aromatic heterocycles. The monoisotopic (exact) mass is 324 g/mol. The molecule has 1 aromatic carbocycles. The number of hydrogen-bond donors (Lipinski definition) is 0. The van der Waals surface area contributed by atoms with Crippen molar-refractivity contribution in [2.75, 3.05) is 6.61 Å². The van der Waals surface area contributed by atoms with Crippen LogP contribution in [0.1, 0.15) is 41.5 Å². The molecule has 0 saturated carbocycles. The fraction of sp³-hybridized carbons (Fsp3) is 0.316. The fourth-order valence-electron chi connectivity index (χ4n) is 3.17. The zero-order chi connectivity index (χ0) is 17.1. The zero-order valence-corrected chi connectivity index (χ0v) is 13.8. The summed E-state index contributed by atoms with van der Waals surface area (Å²) in [5.41, 5.74) is 2.17. The highest BCUT2D eigenvalue weighted by Crippen LogP contribution is 2.36. The van der Waals surface area contributed by atoms with Gasteiger partial charge in [-0.2, -0.15) is 0 Å². The van der Waals surface area contributed by atoms with Gasteiger partial charge >= 0.3 is 5.97 Å². The molecule has 0 N–H and O–H groups in total. The number of fused-ring (bicyclic) bond motifs is 1. The van der Waals surface area contributed by atoms with E-state index in [9.17, 15) is 9.59 Å². The molecule has 1 amide bonds. The maximum atomic E-state index is 12.8. The van der Waals surface area contributed by atoms with Gasteiger partial charge in [0, 0.05) is 29.9 Å². The van der Waals surface area contributed by atoms with Gasteiger partial charge in [0.1, 0.15) is 0 Å². The van der Waals surface area contributed by atoms with E-state index in [0.29, 0.717) is 17.5 Å². The minimum atomic E-state index is -0.688. The van der Waals surface area contributed by atoms with E-state index >= 15 is 0 Å². The minimum absolute atomic E-state index is 0.132. The molecule has 24 heavy (non-hydrogen) atoms. The molecule has 0 spiro atoms. The lowest BCUT2D eigenvalue weighted by molar-refractivity contribution is -0.149. The number of amides is 1. The SMILES string of the molecule is CCOC(=O)[C@H]1c2ccccc2C(=O)N1[C@H](C)Cc1ccccn1. The van der Waals surface area contributed by atoms with E-state index in [2.05, 4.69) is 4.98 Å². The first-order valence-corrected chi connectivity index (χ1v) is 8.11. The molecular formula is C19H20N2O3. The summed E-state index contributed by atoms with van der Waals surface area (Å²) in [6.07, 6.45) is 2.31. The van der Waals surface area contributed by atoms with Crippen LogP contribution < -0.4 is 0 Å². The molecule has 124 valence electrons. The van der Waals surface area contributed by atoms with Crippen molar-refractivity contribution in [1.29, 1.82) is 0 Å². The van der Waals surface area contributed by atoms with E-state index < -0.39 is 6.04 Å². The number of ether oxygens (including phenoxy) is 1. The molecule has 0 bridgehead atoms. The van der Waals surface area contributed by atoms with Crippen molar-refractivity contribution in [3.8, 4) is 0 Å². The van der Waals surface area contributed by atoms with E-state index in [0.717, 1.165) is 5.69 Å². The molecule has 0 aliphatic carbocycles. The van der Waals surface area contributed by atoms with Crippen LogP contribution in [-0.4, -0.2) is 34.4 Å². The third-order valence-corrected chi connectivity index (χ3v) is 4.21. The summed E-state index contributed by atoms with van der Waals surface area (Å²) >= 11 is 0. The summed E-state index contributed by atoms with van der Waals surface area (Å²) in [6, 6.07) is 12.1. The van der Waals surface area contributed by atoms with Crippen LogP contribution in [0.25, 0.3) is 0 Å². The van der Waals surface area contributed by atoms with Crippen LogP contribution in [0.3, 0.4) is 0 Å². The summed E-state index contributed by atoms with van der Waals surface area (Å²) in [5, 5.41) is 0. The van der Waals surface area contributed by atoms with Crippen LogP contribution >= 0.6 is 0 Å². The topological polar surface area (TPSA) is 59.5 Å². The number of carbonyl (C=O) groups excluding carboxylic acids is 2. The van der Waals surface area contributed by atoms with Crippen molar-refractivity contribution in [2.24, 2.45) is 0 Å². The van der Waals surface area contributed by atoms with Crippen LogP contribution in [0.2, 0.25) is 0 Å². The van der Waals surface area contributed by atoms with Crippen molar-refractivity contribution >= 4 is 11.9 Å². The summed E-state index contributed by atoms with van der Waals surface area (Å²) in [7, 11) is 0. The lowest BCUT2D eigenvalue weighted by Crippen LogP contribution is -2.41. The molecule has 0 saturated heterocycles. The molecule has 0 fully saturated rings. The van der Waals surface area contributed by atoms with Gasteiger partial charge in [-0.3, -0.25) is 9.78 Å². The molecule has 2 heterocycles. The molecule has 0 unspecified atom stereocenters. The molecule has 5 heteroatoms. The van der Waals surface area contributed by atoms with Gasteiger partial charge in [0.05, 0.1) is 6.61 Å². The molecule has 0 radical (unpaired) electrons. The van der Waals surface area contributed by atoms with Crippen molar-refractivity contribution in [3.63, 3.8) is 0 Å². The van der Waals surface area contributed by atoms with Gasteiger partial charge < -0.3 is 9.64 Å². The zero-order valence-electron chi connectivity index (χ0n) is 13.8. The number of carbonyl (C=O) groups is 2. The van der Waals surface area contributed by atoms with E-state index in [1.165, 1.54) is 0 Å². The summed E-state index contributed by atoms with van der Waals surface area (Å²) in [5.74, 6) is -0.518. The van der Waals surface area contributed by atoms with Crippen molar-refractivity contribution < 1.29 is 14.3 Å². The minimum Gasteiger partial charge on any atom is -0.464 e. The van der Waals surface area contributed by atoms with Gasteiger partial charge in [-0.15, -0.1) is 0 Å². The Labute approximate surface area is 141 Å². The Morgan fingerprint density at radius 2 is 2.00 bits per heavy atom. The average molecular weight is 324 g/mol. The second kappa shape index (κ2) is 6.83. The molecular weight excluding hydrogens is 304 g/mol.